The molecule has 18 heavy (non-hydrogen) atoms. The quantitative estimate of drug-likeness (QED) is 0.764. The Morgan fingerprint density at radius 3 is 2.50 bits per heavy atom. The van der Waals surface area contributed by atoms with Crippen LogP contribution in [0.2, 0.25) is 0 Å². The van der Waals surface area contributed by atoms with Crippen molar-refractivity contribution in [2.24, 2.45) is 5.41 Å². The number of carbonyl (C=O) groups excluding carboxylic acids is 2. The van der Waals surface area contributed by atoms with Crippen molar-refractivity contribution in [1.29, 1.82) is 0 Å². The highest BCUT2D eigenvalue weighted by Crippen LogP contribution is 2.21. The van der Waals surface area contributed by atoms with Crippen LogP contribution in [0.1, 0.15) is 20.8 Å². The molecule has 0 aromatic heterocycles. The summed E-state index contributed by atoms with van der Waals surface area (Å²) >= 11 is 1.40. The van der Waals surface area contributed by atoms with E-state index in [2.05, 4.69) is 5.32 Å². The summed E-state index contributed by atoms with van der Waals surface area (Å²) < 4.78 is 0. The van der Waals surface area contributed by atoms with Gasteiger partial charge in [0.15, 0.2) is 0 Å². The highest BCUT2D eigenvalue weighted by atomic mass is 32.2. The van der Waals surface area contributed by atoms with E-state index in [-0.39, 0.29) is 18.4 Å². The van der Waals surface area contributed by atoms with Gasteiger partial charge in [-0.3, -0.25) is 9.59 Å². The highest BCUT2D eigenvalue weighted by molar-refractivity contribution is 7.99. The zero-order chi connectivity index (χ0) is 13.9. The lowest BCUT2D eigenvalue weighted by Gasteiger charge is -2.22. The van der Waals surface area contributed by atoms with Crippen molar-refractivity contribution in [3.63, 3.8) is 0 Å². The summed E-state index contributed by atoms with van der Waals surface area (Å²) in [6.07, 6.45) is 0. The van der Waals surface area contributed by atoms with Crippen molar-refractivity contribution in [3.05, 3.63) is 0 Å². The molecule has 1 aliphatic rings. The Bertz CT molecular complexity index is 365. The maximum atomic E-state index is 11.8. The lowest BCUT2D eigenvalue weighted by Crippen LogP contribution is -2.47. The van der Waals surface area contributed by atoms with E-state index in [9.17, 15) is 14.4 Å². The first-order chi connectivity index (χ1) is 8.23. The second kappa shape index (κ2) is 5.60. The van der Waals surface area contributed by atoms with Crippen LogP contribution < -0.4 is 5.32 Å². The molecule has 0 aromatic rings. The second-order valence-corrected chi connectivity index (χ2v) is 6.15. The SMILES string of the molecule is CC(C)(C)C(=O)NCC(=O)N1CSCC1C(=O)O. The number of carboxylic acid groups (broad SMARTS) is 1. The molecule has 1 unspecified atom stereocenters. The minimum atomic E-state index is -1.00. The molecular weight excluding hydrogens is 256 g/mol. The third kappa shape index (κ3) is 3.63. The summed E-state index contributed by atoms with van der Waals surface area (Å²) in [7, 11) is 0. The minimum absolute atomic E-state index is 0.152. The number of hydrogen-bond acceptors (Lipinski definition) is 4. The van der Waals surface area contributed by atoms with Crippen molar-refractivity contribution in [1.82, 2.24) is 10.2 Å². The van der Waals surface area contributed by atoms with E-state index >= 15 is 0 Å². The van der Waals surface area contributed by atoms with Crippen molar-refractivity contribution >= 4 is 29.5 Å². The van der Waals surface area contributed by atoms with Crippen molar-refractivity contribution in [3.8, 4) is 0 Å². The zero-order valence-electron chi connectivity index (χ0n) is 10.7. The van der Waals surface area contributed by atoms with Gasteiger partial charge in [-0.15, -0.1) is 11.8 Å². The monoisotopic (exact) mass is 274 g/mol. The maximum Gasteiger partial charge on any atom is 0.327 e. The number of amides is 2. The summed E-state index contributed by atoms with van der Waals surface area (Å²) in [4.78, 5) is 35.6. The number of carboxylic acids is 1. The van der Waals surface area contributed by atoms with Gasteiger partial charge in [0.05, 0.1) is 12.4 Å². The molecule has 0 saturated carbocycles. The molecule has 7 heteroatoms. The second-order valence-electron chi connectivity index (χ2n) is 5.15. The molecule has 1 atom stereocenters. The maximum absolute atomic E-state index is 11.8. The van der Waals surface area contributed by atoms with Gasteiger partial charge in [0.2, 0.25) is 11.8 Å². The molecule has 1 aliphatic heterocycles. The molecule has 0 spiro atoms. The van der Waals surface area contributed by atoms with Gasteiger partial charge in [-0.1, -0.05) is 20.8 Å². The summed E-state index contributed by atoms with van der Waals surface area (Å²) in [5, 5.41) is 11.5. The predicted molar refractivity (Wildman–Crippen MR) is 68.1 cm³/mol. The third-order valence-electron chi connectivity index (χ3n) is 2.57. The van der Waals surface area contributed by atoms with Gasteiger partial charge >= 0.3 is 5.97 Å². The lowest BCUT2D eigenvalue weighted by molar-refractivity contribution is -0.147. The zero-order valence-corrected chi connectivity index (χ0v) is 11.5. The number of carbonyl (C=O) groups is 3. The molecular formula is C11H18N2O4S. The number of rotatable bonds is 3. The average molecular weight is 274 g/mol. The highest BCUT2D eigenvalue weighted by Gasteiger charge is 2.34. The first-order valence-corrected chi connectivity index (χ1v) is 6.77. The van der Waals surface area contributed by atoms with E-state index in [1.54, 1.807) is 20.8 Å². The Labute approximate surface area is 110 Å². The fourth-order valence-electron chi connectivity index (χ4n) is 1.42. The summed E-state index contributed by atoms with van der Waals surface area (Å²) in [5.74, 6) is -0.828. The Hall–Kier alpha value is -1.24. The van der Waals surface area contributed by atoms with E-state index in [0.29, 0.717) is 11.6 Å². The van der Waals surface area contributed by atoms with Crippen LogP contribution >= 0.6 is 11.8 Å². The fourth-order valence-corrected chi connectivity index (χ4v) is 2.59. The van der Waals surface area contributed by atoms with Gasteiger partial charge in [-0.05, 0) is 0 Å². The predicted octanol–water partition coefficient (Wildman–Crippen LogP) is 0.135. The number of hydrogen-bond donors (Lipinski definition) is 2. The van der Waals surface area contributed by atoms with Crippen LogP contribution in [-0.4, -0.2) is 52.0 Å². The van der Waals surface area contributed by atoms with E-state index in [0.717, 1.165) is 0 Å². The topological polar surface area (TPSA) is 86.7 Å². The molecule has 0 radical (unpaired) electrons. The van der Waals surface area contributed by atoms with E-state index in [4.69, 9.17) is 5.11 Å². The molecule has 0 bridgehead atoms. The standard InChI is InChI=1S/C11H18N2O4S/c1-11(2,3)10(17)12-4-8(14)13-6-18-5-7(13)9(15)16/h7H,4-6H2,1-3H3,(H,12,17)(H,15,16). The first-order valence-electron chi connectivity index (χ1n) is 5.62. The van der Waals surface area contributed by atoms with Crippen molar-refractivity contribution in [2.45, 2.75) is 26.8 Å². The van der Waals surface area contributed by atoms with Gasteiger partial charge < -0.3 is 15.3 Å². The number of thioether (sulfide) groups is 1. The average Bonchev–Trinajstić information content (AvgIpc) is 2.72. The summed E-state index contributed by atoms with van der Waals surface area (Å²) in [6, 6.07) is -0.783. The largest absolute Gasteiger partial charge is 0.480 e. The number of aliphatic carboxylic acids is 1. The van der Waals surface area contributed by atoms with Gasteiger partial charge in [-0.25, -0.2) is 4.79 Å². The van der Waals surface area contributed by atoms with Crippen LogP contribution in [0.15, 0.2) is 0 Å². The molecule has 0 aliphatic carbocycles. The summed E-state index contributed by atoms with van der Waals surface area (Å²) in [6.45, 7) is 5.09. The third-order valence-corrected chi connectivity index (χ3v) is 3.58. The normalized spacial score (nSPS) is 19.7. The van der Waals surface area contributed by atoms with Gasteiger partial charge in [0.1, 0.15) is 6.04 Å². The lowest BCUT2D eigenvalue weighted by atomic mass is 9.96. The van der Waals surface area contributed by atoms with Crippen molar-refractivity contribution < 1.29 is 19.5 Å². The molecule has 2 N–H and O–H groups in total. The van der Waals surface area contributed by atoms with Crippen LogP contribution in [0.4, 0.5) is 0 Å². The van der Waals surface area contributed by atoms with E-state index in [1.165, 1.54) is 16.7 Å². The molecule has 102 valence electrons. The summed E-state index contributed by atoms with van der Waals surface area (Å²) in [5.41, 5.74) is -0.563. The molecule has 1 saturated heterocycles. The fraction of sp³-hybridized carbons (Fsp3) is 0.727. The van der Waals surface area contributed by atoms with Crippen LogP contribution in [0.5, 0.6) is 0 Å². The molecule has 6 nitrogen and oxygen atoms in total. The van der Waals surface area contributed by atoms with E-state index in [1.807, 2.05) is 0 Å². The van der Waals surface area contributed by atoms with E-state index < -0.39 is 17.4 Å². The van der Waals surface area contributed by atoms with Gasteiger partial charge in [-0.2, -0.15) is 0 Å². The minimum Gasteiger partial charge on any atom is -0.480 e. The molecule has 1 heterocycles. The molecule has 0 aromatic carbocycles. The van der Waals surface area contributed by atoms with Crippen LogP contribution in [0, 0.1) is 5.41 Å². The van der Waals surface area contributed by atoms with Crippen LogP contribution in [-0.2, 0) is 14.4 Å². The first kappa shape index (κ1) is 14.8. The van der Waals surface area contributed by atoms with Crippen LogP contribution in [0.3, 0.4) is 0 Å². The number of nitrogens with one attached hydrogen (secondary N) is 1. The van der Waals surface area contributed by atoms with Crippen LogP contribution in [0.25, 0.3) is 0 Å². The molecule has 1 fully saturated rings. The van der Waals surface area contributed by atoms with Gasteiger partial charge in [0.25, 0.3) is 0 Å². The number of nitrogens with zero attached hydrogens (tertiary/aromatic N) is 1. The molecule has 1 rings (SSSR count). The Morgan fingerprint density at radius 2 is 2.00 bits per heavy atom. The Morgan fingerprint density at radius 1 is 1.39 bits per heavy atom. The smallest absolute Gasteiger partial charge is 0.327 e. The Balaban J connectivity index is 2.51. The van der Waals surface area contributed by atoms with Crippen molar-refractivity contribution in [2.75, 3.05) is 18.2 Å². The Kier molecular flexibility index (Phi) is 4.61. The van der Waals surface area contributed by atoms with Gasteiger partial charge in [0, 0.05) is 11.2 Å². The molecule has 2 amide bonds.